The van der Waals surface area contributed by atoms with Crippen molar-refractivity contribution in [2.45, 2.75) is 32.7 Å². The lowest BCUT2D eigenvalue weighted by Gasteiger charge is -2.26. The quantitative estimate of drug-likeness (QED) is 0.677. The Morgan fingerprint density at radius 1 is 1.11 bits per heavy atom. The topological polar surface area (TPSA) is 58.2 Å². The largest absolute Gasteiger partial charge is 0.497 e. The van der Waals surface area contributed by atoms with Gasteiger partial charge in [-0.25, -0.2) is 0 Å². The SMILES string of the molecule is CCCCN1C(=O)c2[nH]nc(-c3ccc(C)cc3)c2C1c1ccc(OC)cc1. The van der Waals surface area contributed by atoms with Crippen molar-refractivity contribution in [1.29, 1.82) is 0 Å². The minimum Gasteiger partial charge on any atom is -0.497 e. The molecule has 5 heteroatoms. The highest BCUT2D eigenvalue weighted by molar-refractivity contribution is 6.00. The third kappa shape index (κ3) is 3.07. The first kappa shape index (κ1) is 18.3. The monoisotopic (exact) mass is 375 g/mol. The molecule has 1 unspecified atom stereocenters. The number of aromatic nitrogens is 2. The van der Waals surface area contributed by atoms with Crippen molar-refractivity contribution in [3.8, 4) is 17.0 Å². The van der Waals surface area contributed by atoms with Crippen LogP contribution in [0.15, 0.2) is 48.5 Å². The number of rotatable bonds is 6. The van der Waals surface area contributed by atoms with Gasteiger partial charge in [-0.15, -0.1) is 0 Å². The van der Waals surface area contributed by atoms with E-state index in [2.05, 4.69) is 48.3 Å². The average molecular weight is 375 g/mol. The summed E-state index contributed by atoms with van der Waals surface area (Å²) >= 11 is 0. The van der Waals surface area contributed by atoms with E-state index in [9.17, 15) is 4.79 Å². The zero-order valence-electron chi connectivity index (χ0n) is 16.5. The van der Waals surface area contributed by atoms with Crippen LogP contribution in [-0.4, -0.2) is 34.7 Å². The molecule has 1 aromatic heterocycles. The van der Waals surface area contributed by atoms with Crippen molar-refractivity contribution in [3.05, 3.63) is 70.9 Å². The third-order valence-corrected chi connectivity index (χ3v) is 5.37. The molecular formula is C23H25N3O2. The van der Waals surface area contributed by atoms with Gasteiger partial charge >= 0.3 is 0 Å². The van der Waals surface area contributed by atoms with Crippen LogP contribution < -0.4 is 4.74 Å². The van der Waals surface area contributed by atoms with Crippen LogP contribution in [0.5, 0.6) is 5.75 Å². The lowest BCUT2D eigenvalue weighted by atomic mass is 9.95. The minimum absolute atomic E-state index is 0.0233. The number of fused-ring (bicyclic) bond motifs is 1. The number of benzene rings is 2. The van der Waals surface area contributed by atoms with Crippen molar-refractivity contribution in [1.82, 2.24) is 15.1 Å². The molecule has 5 nitrogen and oxygen atoms in total. The Morgan fingerprint density at radius 2 is 1.82 bits per heavy atom. The number of amides is 1. The second kappa shape index (κ2) is 7.50. The molecule has 3 aromatic rings. The van der Waals surface area contributed by atoms with E-state index in [0.717, 1.165) is 47.5 Å². The number of nitrogens with zero attached hydrogens (tertiary/aromatic N) is 2. The van der Waals surface area contributed by atoms with Crippen LogP contribution in [0.2, 0.25) is 0 Å². The van der Waals surface area contributed by atoms with Crippen molar-refractivity contribution in [3.63, 3.8) is 0 Å². The molecule has 0 fully saturated rings. The number of hydrogen-bond donors (Lipinski definition) is 1. The molecule has 28 heavy (non-hydrogen) atoms. The first-order valence-corrected chi connectivity index (χ1v) is 9.74. The summed E-state index contributed by atoms with van der Waals surface area (Å²) in [5.74, 6) is 0.828. The van der Waals surface area contributed by atoms with Gasteiger partial charge in [0, 0.05) is 17.7 Å². The van der Waals surface area contributed by atoms with Crippen LogP contribution >= 0.6 is 0 Å². The van der Waals surface area contributed by atoms with Crippen LogP contribution in [0.4, 0.5) is 0 Å². The number of aryl methyl sites for hydroxylation is 1. The lowest BCUT2D eigenvalue weighted by Crippen LogP contribution is -2.30. The summed E-state index contributed by atoms with van der Waals surface area (Å²) in [5, 5.41) is 7.53. The average Bonchev–Trinajstić information content (AvgIpc) is 3.26. The van der Waals surface area contributed by atoms with Gasteiger partial charge in [0.05, 0.1) is 18.8 Å². The van der Waals surface area contributed by atoms with Crippen LogP contribution in [-0.2, 0) is 0 Å². The number of hydrogen-bond acceptors (Lipinski definition) is 3. The maximum atomic E-state index is 13.1. The van der Waals surface area contributed by atoms with Crippen LogP contribution in [0, 0.1) is 6.92 Å². The molecule has 144 valence electrons. The van der Waals surface area contributed by atoms with Gasteiger partial charge in [0.2, 0.25) is 0 Å². The van der Waals surface area contributed by atoms with Crippen LogP contribution in [0.3, 0.4) is 0 Å². The second-order valence-electron chi connectivity index (χ2n) is 7.25. The standard InChI is InChI=1S/C23H25N3O2/c1-4-5-14-26-22(17-10-12-18(28-3)13-11-17)19-20(24-25-21(19)23(26)27)16-8-6-15(2)7-9-16/h6-13,22H,4-5,14H2,1-3H3,(H,24,25). The Hall–Kier alpha value is -3.08. The first-order chi connectivity index (χ1) is 13.6. The highest BCUT2D eigenvalue weighted by Gasteiger charge is 2.41. The van der Waals surface area contributed by atoms with E-state index in [0.29, 0.717) is 5.69 Å². The Morgan fingerprint density at radius 3 is 2.46 bits per heavy atom. The number of methoxy groups -OCH3 is 1. The maximum Gasteiger partial charge on any atom is 0.273 e. The van der Waals surface area contributed by atoms with Gasteiger partial charge < -0.3 is 9.64 Å². The van der Waals surface area contributed by atoms with E-state index in [-0.39, 0.29) is 11.9 Å². The zero-order valence-corrected chi connectivity index (χ0v) is 16.5. The van der Waals surface area contributed by atoms with Crippen molar-refractivity contribution < 1.29 is 9.53 Å². The number of H-pyrrole nitrogens is 1. The molecule has 0 bridgehead atoms. The van der Waals surface area contributed by atoms with E-state index in [1.807, 2.05) is 29.2 Å². The minimum atomic E-state index is -0.144. The summed E-state index contributed by atoms with van der Waals surface area (Å²) in [6, 6.07) is 16.1. The molecule has 0 saturated carbocycles. The highest BCUT2D eigenvalue weighted by Crippen LogP contribution is 2.43. The first-order valence-electron chi connectivity index (χ1n) is 9.74. The second-order valence-corrected chi connectivity index (χ2v) is 7.25. The summed E-state index contributed by atoms with van der Waals surface area (Å²) in [6.45, 7) is 4.93. The highest BCUT2D eigenvalue weighted by atomic mass is 16.5. The fourth-order valence-corrected chi connectivity index (χ4v) is 3.82. The van der Waals surface area contributed by atoms with E-state index in [1.54, 1.807) is 7.11 Å². The van der Waals surface area contributed by atoms with Gasteiger partial charge in [0.1, 0.15) is 11.4 Å². The number of aromatic amines is 1. The smallest absolute Gasteiger partial charge is 0.273 e. The maximum absolute atomic E-state index is 13.1. The summed E-state index contributed by atoms with van der Waals surface area (Å²) in [4.78, 5) is 15.1. The van der Waals surface area contributed by atoms with Gasteiger partial charge in [-0.05, 0) is 31.0 Å². The third-order valence-electron chi connectivity index (χ3n) is 5.37. The molecule has 1 amide bonds. The fraction of sp³-hybridized carbons (Fsp3) is 0.304. The van der Waals surface area contributed by atoms with Crippen LogP contribution in [0.1, 0.15) is 53.0 Å². The number of nitrogens with one attached hydrogen (secondary N) is 1. The van der Waals surface area contributed by atoms with E-state index < -0.39 is 0 Å². The summed E-state index contributed by atoms with van der Waals surface area (Å²) in [7, 11) is 1.66. The summed E-state index contributed by atoms with van der Waals surface area (Å²) in [5.41, 5.74) is 5.71. The summed E-state index contributed by atoms with van der Waals surface area (Å²) < 4.78 is 5.30. The molecular weight excluding hydrogens is 350 g/mol. The van der Waals surface area contributed by atoms with Gasteiger partial charge in [0.25, 0.3) is 5.91 Å². The van der Waals surface area contributed by atoms with Crippen molar-refractivity contribution >= 4 is 5.91 Å². The number of unbranched alkanes of at least 4 members (excludes halogenated alkanes) is 1. The Bertz CT molecular complexity index is 974. The Balaban J connectivity index is 1.83. The molecule has 2 aromatic carbocycles. The summed E-state index contributed by atoms with van der Waals surface area (Å²) in [6.07, 6.45) is 2.01. The Labute approximate surface area is 165 Å². The lowest BCUT2D eigenvalue weighted by molar-refractivity contribution is 0.0741. The molecule has 0 saturated heterocycles. The Kier molecular flexibility index (Phi) is 4.90. The van der Waals surface area contributed by atoms with E-state index in [4.69, 9.17) is 4.74 Å². The molecule has 4 rings (SSSR count). The van der Waals surface area contributed by atoms with E-state index >= 15 is 0 Å². The predicted molar refractivity (Wildman–Crippen MR) is 110 cm³/mol. The molecule has 0 radical (unpaired) electrons. The van der Waals surface area contributed by atoms with Gasteiger partial charge in [-0.1, -0.05) is 55.3 Å². The van der Waals surface area contributed by atoms with E-state index in [1.165, 1.54) is 5.56 Å². The normalized spacial score (nSPS) is 15.8. The number of carbonyl (C=O) groups is 1. The predicted octanol–water partition coefficient (Wildman–Crippen LogP) is 4.74. The van der Waals surface area contributed by atoms with Gasteiger partial charge in [-0.3, -0.25) is 9.89 Å². The van der Waals surface area contributed by atoms with Crippen LogP contribution in [0.25, 0.3) is 11.3 Å². The number of ether oxygens (including phenoxy) is 1. The van der Waals surface area contributed by atoms with Crippen molar-refractivity contribution in [2.24, 2.45) is 0 Å². The molecule has 1 N–H and O–H groups in total. The fourth-order valence-electron chi connectivity index (χ4n) is 3.82. The van der Waals surface area contributed by atoms with Crippen molar-refractivity contribution in [2.75, 3.05) is 13.7 Å². The molecule has 1 aliphatic rings. The van der Waals surface area contributed by atoms with Gasteiger partial charge in [0.15, 0.2) is 0 Å². The molecule has 1 atom stereocenters. The molecule has 0 spiro atoms. The zero-order chi connectivity index (χ0) is 19.7. The van der Waals surface area contributed by atoms with Gasteiger partial charge in [-0.2, -0.15) is 5.10 Å². The molecule has 0 aliphatic carbocycles. The molecule has 2 heterocycles. The number of carbonyl (C=O) groups excluding carboxylic acids is 1. The molecule has 1 aliphatic heterocycles.